The molecule has 0 spiro atoms. The van der Waals surface area contributed by atoms with E-state index in [1.54, 1.807) is 19.0 Å². The number of rotatable bonds is 10. The minimum absolute atomic E-state index is 0.0392. The van der Waals surface area contributed by atoms with Gasteiger partial charge < -0.3 is 20.3 Å². The Kier molecular flexibility index (Phi) is 9.87. The van der Waals surface area contributed by atoms with Crippen molar-refractivity contribution in [1.29, 1.82) is 0 Å². The SMILES string of the molecule is CC(CNC(=NCC(=O)N(C)C)NC(C)c1ccccc1)COCc1ccccc1. The van der Waals surface area contributed by atoms with E-state index in [1.807, 2.05) is 36.4 Å². The maximum absolute atomic E-state index is 12.0. The van der Waals surface area contributed by atoms with Crippen molar-refractivity contribution < 1.29 is 9.53 Å². The number of hydrogen-bond donors (Lipinski definition) is 2. The number of amides is 1. The third-order valence-electron chi connectivity index (χ3n) is 4.66. The van der Waals surface area contributed by atoms with Gasteiger partial charge in [0.2, 0.25) is 5.91 Å². The molecule has 0 saturated carbocycles. The third kappa shape index (κ3) is 8.66. The van der Waals surface area contributed by atoms with Gasteiger partial charge in [0.15, 0.2) is 5.96 Å². The zero-order valence-electron chi connectivity index (χ0n) is 18.5. The van der Waals surface area contributed by atoms with Gasteiger partial charge >= 0.3 is 0 Å². The average molecular weight is 411 g/mol. The number of carbonyl (C=O) groups excluding carboxylic acids is 1. The normalized spacial score (nSPS) is 13.4. The second-order valence-electron chi connectivity index (χ2n) is 7.72. The van der Waals surface area contributed by atoms with Crippen LogP contribution >= 0.6 is 0 Å². The van der Waals surface area contributed by atoms with E-state index in [4.69, 9.17) is 4.74 Å². The first-order valence-corrected chi connectivity index (χ1v) is 10.4. The van der Waals surface area contributed by atoms with E-state index < -0.39 is 0 Å². The zero-order chi connectivity index (χ0) is 21.8. The van der Waals surface area contributed by atoms with E-state index >= 15 is 0 Å². The molecule has 2 aromatic rings. The van der Waals surface area contributed by atoms with E-state index in [9.17, 15) is 4.79 Å². The highest BCUT2D eigenvalue weighted by Gasteiger charge is 2.11. The molecule has 2 N–H and O–H groups in total. The Labute approximate surface area is 180 Å². The molecule has 0 aliphatic carbocycles. The van der Waals surface area contributed by atoms with Gasteiger partial charge in [-0.2, -0.15) is 0 Å². The van der Waals surface area contributed by atoms with Crippen LogP contribution in [0.25, 0.3) is 0 Å². The number of benzene rings is 2. The van der Waals surface area contributed by atoms with Crippen molar-refractivity contribution >= 4 is 11.9 Å². The Morgan fingerprint density at radius 2 is 1.67 bits per heavy atom. The van der Waals surface area contributed by atoms with Crippen molar-refractivity contribution in [1.82, 2.24) is 15.5 Å². The average Bonchev–Trinajstić information content (AvgIpc) is 2.76. The molecule has 6 nitrogen and oxygen atoms in total. The highest BCUT2D eigenvalue weighted by molar-refractivity contribution is 5.85. The molecule has 0 saturated heterocycles. The lowest BCUT2D eigenvalue weighted by atomic mass is 10.1. The summed E-state index contributed by atoms with van der Waals surface area (Å²) in [6.07, 6.45) is 0. The Morgan fingerprint density at radius 1 is 1.03 bits per heavy atom. The number of likely N-dealkylation sites (N-methyl/N-ethyl adjacent to an activating group) is 1. The second-order valence-corrected chi connectivity index (χ2v) is 7.72. The molecule has 0 fully saturated rings. The zero-order valence-corrected chi connectivity index (χ0v) is 18.5. The minimum Gasteiger partial charge on any atom is -0.376 e. The third-order valence-corrected chi connectivity index (χ3v) is 4.66. The maximum atomic E-state index is 12.0. The first-order valence-electron chi connectivity index (χ1n) is 10.4. The van der Waals surface area contributed by atoms with Crippen molar-refractivity contribution in [2.75, 3.05) is 33.8 Å². The molecule has 2 atom stereocenters. The molecule has 1 amide bonds. The molecule has 0 radical (unpaired) electrons. The highest BCUT2D eigenvalue weighted by atomic mass is 16.5. The lowest BCUT2D eigenvalue weighted by Gasteiger charge is -2.21. The Balaban J connectivity index is 1.87. The van der Waals surface area contributed by atoms with Crippen LogP contribution in [-0.4, -0.2) is 50.6 Å². The maximum Gasteiger partial charge on any atom is 0.243 e. The van der Waals surface area contributed by atoms with E-state index in [1.165, 1.54) is 5.56 Å². The Hall–Kier alpha value is -2.86. The Morgan fingerprint density at radius 3 is 2.30 bits per heavy atom. The van der Waals surface area contributed by atoms with Crippen LogP contribution in [0.5, 0.6) is 0 Å². The first kappa shape index (κ1) is 23.4. The van der Waals surface area contributed by atoms with Crippen molar-refractivity contribution in [3.63, 3.8) is 0 Å². The molecular weight excluding hydrogens is 376 g/mol. The van der Waals surface area contributed by atoms with Crippen molar-refractivity contribution in [2.24, 2.45) is 10.9 Å². The fourth-order valence-electron chi connectivity index (χ4n) is 2.75. The summed E-state index contributed by atoms with van der Waals surface area (Å²) in [7, 11) is 3.47. The number of carbonyl (C=O) groups is 1. The number of nitrogens with one attached hydrogen (secondary N) is 2. The molecule has 2 aromatic carbocycles. The molecule has 2 rings (SSSR count). The smallest absolute Gasteiger partial charge is 0.243 e. The van der Waals surface area contributed by atoms with Crippen LogP contribution in [0, 0.1) is 5.92 Å². The number of nitrogens with zero attached hydrogens (tertiary/aromatic N) is 2. The van der Waals surface area contributed by atoms with Gasteiger partial charge in [0, 0.05) is 20.6 Å². The molecular formula is C24H34N4O2. The largest absolute Gasteiger partial charge is 0.376 e. The van der Waals surface area contributed by atoms with Crippen molar-refractivity contribution in [3.05, 3.63) is 71.8 Å². The quantitative estimate of drug-likeness (QED) is 0.466. The van der Waals surface area contributed by atoms with Gasteiger partial charge in [0.05, 0.1) is 19.3 Å². The number of ether oxygens (including phenoxy) is 1. The summed E-state index contributed by atoms with van der Waals surface area (Å²) in [4.78, 5) is 18.0. The van der Waals surface area contributed by atoms with Crippen LogP contribution in [0.2, 0.25) is 0 Å². The molecule has 0 aliphatic rings. The number of aliphatic imine (C=N–C) groups is 1. The highest BCUT2D eigenvalue weighted by Crippen LogP contribution is 2.11. The molecule has 0 heterocycles. The van der Waals surface area contributed by atoms with E-state index in [0.29, 0.717) is 25.7 Å². The second kappa shape index (κ2) is 12.6. The van der Waals surface area contributed by atoms with Gasteiger partial charge in [-0.15, -0.1) is 0 Å². The summed E-state index contributed by atoms with van der Waals surface area (Å²) in [5.74, 6) is 0.872. The molecule has 30 heavy (non-hydrogen) atoms. The minimum atomic E-state index is -0.0392. The lowest BCUT2D eigenvalue weighted by molar-refractivity contribution is -0.127. The van der Waals surface area contributed by atoms with Crippen LogP contribution in [0.4, 0.5) is 0 Å². The standard InChI is InChI=1S/C24H34N4O2/c1-19(17-30-18-21-11-7-5-8-12-21)15-25-24(26-16-23(29)28(3)4)27-20(2)22-13-9-6-10-14-22/h5-14,19-20H,15-18H2,1-4H3,(H2,25,26,27). The summed E-state index contributed by atoms with van der Waals surface area (Å²) < 4.78 is 5.83. The van der Waals surface area contributed by atoms with Gasteiger partial charge in [-0.3, -0.25) is 4.79 Å². The first-order chi connectivity index (χ1) is 14.5. The van der Waals surface area contributed by atoms with Gasteiger partial charge in [0.25, 0.3) is 0 Å². The summed E-state index contributed by atoms with van der Waals surface area (Å²) in [5.41, 5.74) is 2.32. The Bertz CT molecular complexity index is 778. The van der Waals surface area contributed by atoms with E-state index in [2.05, 4.69) is 53.7 Å². The monoisotopic (exact) mass is 410 g/mol. The van der Waals surface area contributed by atoms with Gasteiger partial charge in [0.1, 0.15) is 6.54 Å². The summed E-state index contributed by atoms with van der Waals surface area (Å²) in [6, 6.07) is 20.4. The van der Waals surface area contributed by atoms with Crippen LogP contribution in [0.1, 0.15) is 31.0 Å². The van der Waals surface area contributed by atoms with Crippen LogP contribution in [0.3, 0.4) is 0 Å². The molecule has 0 bridgehead atoms. The fraction of sp³-hybridized carbons (Fsp3) is 0.417. The van der Waals surface area contributed by atoms with E-state index in [-0.39, 0.29) is 24.4 Å². The number of guanidine groups is 1. The van der Waals surface area contributed by atoms with Crippen LogP contribution in [-0.2, 0) is 16.1 Å². The predicted octanol–water partition coefficient (Wildman–Crippen LogP) is 3.22. The topological polar surface area (TPSA) is 66.0 Å². The summed E-state index contributed by atoms with van der Waals surface area (Å²) in [6.45, 7) is 6.24. The lowest BCUT2D eigenvalue weighted by Crippen LogP contribution is -2.42. The van der Waals surface area contributed by atoms with Crippen molar-refractivity contribution in [3.8, 4) is 0 Å². The predicted molar refractivity (Wildman–Crippen MR) is 122 cm³/mol. The molecule has 162 valence electrons. The van der Waals surface area contributed by atoms with Gasteiger partial charge in [-0.25, -0.2) is 4.99 Å². The summed E-state index contributed by atoms with van der Waals surface area (Å²) in [5, 5.41) is 6.74. The fourth-order valence-corrected chi connectivity index (χ4v) is 2.75. The van der Waals surface area contributed by atoms with Crippen molar-refractivity contribution in [2.45, 2.75) is 26.5 Å². The van der Waals surface area contributed by atoms with Gasteiger partial charge in [-0.1, -0.05) is 67.6 Å². The van der Waals surface area contributed by atoms with Crippen LogP contribution in [0.15, 0.2) is 65.7 Å². The van der Waals surface area contributed by atoms with E-state index in [0.717, 1.165) is 5.56 Å². The summed E-state index contributed by atoms with van der Waals surface area (Å²) >= 11 is 0. The molecule has 0 aromatic heterocycles. The molecule has 6 heteroatoms. The molecule has 0 aliphatic heterocycles. The number of hydrogen-bond acceptors (Lipinski definition) is 3. The molecule has 2 unspecified atom stereocenters. The van der Waals surface area contributed by atoms with Crippen LogP contribution < -0.4 is 10.6 Å². The van der Waals surface area contributed by atoms with Gasteiger partial charge in [-0.05, 0) is 24.0 Å².